The van der Waals surface area contributed by atoms with Crippen molar-refractivity contribution in [2.75, 3.05) is 13.6 Å². The third kappa shape index (κ3) is 4.36. The van der Waals surface area contributed by atoms with Gasteiger partial charge in [-0.05, 0) is 24.7 Å². The SMILES string of the molecule is CCC1(CNC(=NC)NCc2ccon2)CCC1.I. The number of guanidine groups is 1. The van der Waals surface area contributed by atoms with E-state index in [1.807, 2.05) is 6.07 Å². The summed E-state index contributed by atoms with van der Waals surface area (Å²) in [5.41, 5.74) is 1.37. The van der Waals surface area contributed by atoms with Gasteiger partial charge in [-0.15, -0.1) is 24.0 Å². The number of rotatable bonds is 5. The Morgan fingerprint density at radius 3 is 2.74 bits per heavy atom. The molecule has 1 aromatic rings. The topological polar surface area (TPSA) is 62.5 Å². The van der Waals surface area contributed by atoms with Crippen LogP contribution in [-0.4, -0.2) is 24.7 Å². The highest BCUT2D eigenvalue weighted by molar-refractivity contribution is 14.0. The molecular formula is C13H23IN4O. The van der Waals surface area contributed by atoms with Crippen LogP contribution in [0.25, 0.3) is 0 Å². The van der Waals surface area contributed by atoms with E-state index < -0.39 is 0 Å². The summed E-state index contributed by atoms with van der Waals surface area (Å²) in [6.45, 7) is 3.91. The average Bonchev–Trinajstić information content (AvgIpc) is 2.85. The summed E-state index contributed by atoms with van der Waals surface area (Å²) in [5.74, 6) is 0.831. The zero-order valence-corrected chi connectivity index (χ0v) is 13.9. The van der Waals surface area contributed by atoms with Crippen LogP contribution in [0, 0.1) is 5.41 Å². The molecule has 1 aliphatic rings. The van der Waals surface area contributed by atoms with E-state index in [1.165, 1.54) is 25.7 Å². The maximum Gasteiger partial charge on any atom is 0.191 e. The normalized spacial score (nSPS) is 17.3. The summed E-state index contributed by atoms with van der Waals surface area (Å²) in [7, 11) is 1.79. The molecule has 1 aliphatic carbocycles. The Kier molecular flexibility index (Phi) is 6.60. The molecule has 0 aliphatic heterocycles. The van der Waals surface area contributed by atoms with Gasteiger partial charge in [-0.2, -0.15) is 0 Å². The van der Waals surface area contributed by atoms with Gasteiger partial charge in [0.15, 0.2) is 5.96 Å². The predicted molar refractivity (Wildman–Crippen MR) is 86.7 cm³/mol. The van der Waals surface area contributed by atoms with E-state index in [0.717, 1.165) is 18.2 Å². The summed E-state index contributed by atoms with van der Waals surface area (Å²) >= 11 is 0. The highest BCUT2D eigenvalue weighted by Gasteiger charge is 2.34. The van der Waals surface area contributed by atoms with Gasteiger partial charge in [0.1, 0.15) is 12.0 Å². The third-order valence-corrected chi connectivity index (χ3v) is 3.95. The zero-order valence-electron chi connectivity index (χ0n) is 11.6. The molecule has 2 N–H and O–H groups in total. The van der Waals surface area contributed by atoms with Crippen LogP contribution in [0.1, 0.15) is 38.3 Å². The molecule has 0 amide bonds. The number of aromatic nitrogens is 1. The number of hydrogen-bond donors (Lipinski definition) is 2. The first-order valence-corrected chi connectivity index (χ1v) is 6.62. The monoisotopic (exact) mass is 378 g/mol. The molecule has 19 heavy (non-hydrogen) atoms. The Balaban J connectivity index is 0.00000180. The molecule has 0 aromatic carbocycles. The number of nitrogens with one attached hydrogen (secondary N) is 2. The Morgan fingerprint density at radius 1 is 1.47 bits per heavy atom. The average molecular weight is 378 g/mol. The second-order valence-corrected chi connectivity index (χ2v) is 4.98. The molecule has 2 rings (SSSR count). The Hall–Kier alpha value is -0.790. The minimum atomic E-state index is 0. The molecule has 0 saturated heterocycles. The Labute approximate surface area is 131 Å². The van der Waals surface area contributed by atoms with Crippen LogP contribution in [0.4, 0.5) is 0 Å². The van der Waals surface area contributed by atoms with E-state index in [0.29, 0.717) is 12.0 Å². The maximum absolute atomic E-state index is 4.79. The zero-order chi connectivity index (χ0) is 12.8. The van der Waals surface area contributed by atoms with E-state index >= 15 is 0 Å². The van der Waals surface area contributed by atoms with Crippen LogP contribution in [0.5, 0.6) is 0 Å². The van der Waals surface area contributed by atoms with Crippen molar-refractivity contribution in [1.82, 2.24) is 15.8 Å². The molecule has 6 heteroatoms. The number of nitrogens with zero attached hydrogens (tertiary/aromatic N) is 2. The molecule has 1 saturated carbocycles. The first-order valence-electron chi connectivity index (χ1n) is 6.62. The quantitative estimate of drug-likeness (QED) is 0.470. The first-order chi connectivity index (χ1) is 8.78. The van der Waals surface area contributed by atoms with Crippen molar-refractivity contribution in [2.24, 2.45) is 10.4 Å². The highest BCUT2D eigenvalue weighted by Crippen LogP contribution is 2.42. The van der Waals surface area contributed by atoms with Gasteiger partial charge < -0.3 is 15.2 Å². The Bertz CT molecular complexity index is 382. The van der Waals surface area contributed by atoms with Gasteiger partial charge in [-0.3, -0.25) is 4.99 Å². The second kappa shape index (κ2) is 7.72. The van der Waals surface area contributed by atoms with Crippen LogP contribution in [0.15, 0.2) is 21.8 Å². The molecule has 108 valence electrons. The largest absolute Gasteiger partial charge is 0.364 e. The molecule has 5 nitrogen and oxygen atoms in total. The molecule has 1 aromatic heterocycles. The molecule has 0 atom stereocenters. The van der Waals surface area contributed by atoms with Crippen LogP contribution in [0.2, 0.25) is 0 Å². The first kappa shape index (κ1) is 16.3. The minimum absolute atomic E-state index is 0. The molecule has 0 unspecified atom stereocenters. The van der Waals surface area contributed by atoms with Crippen molar-refractivity contribution in [3.63, 3.8) is 0 Å². The van der Waals surface area contributed by atoms with Crippen molar-refractivity contribution in [2.45, 2.75) is 39.2 Å². The lowest BCUT2D eigenvalue weighted by Gasteiger charge is -2.41. The molecular weight excluding hydrogens is 355 g/mol. The van der Waals surface area contributed by atoms with E-state index in [9.17, 15) is 0 Å². The van der Waals surface area contributed by atoms with Gasteiger partial charge in [0.25, 0.3) is 0 Å². The molecule has 0 bridgehead atoms. The Morgan fingerprint density at radius 2 is 2.26 bits per heavy atom. The molecule has 0 radical (unpaired) electrons. The van der Waals surface area contributed by atoms with Crippen molar-refractivity contribution in [3.05, 3.63) is 18.0 Å². The predicted octanol–water partition coefficient (Wildman–Crippen LogP) is 2.54. The van der Waals surface area contributed by atoms with Crippen molar-refractivity contribution in [3.8, 4) is 0 Å². The fourth-order valence-electron chi connectivity index (χ4n) is 2.33. The molecule has 0 spiro atoms. The van der Waals surface area contributed by atoms with Crippen LogP contribution in [-0.2, 0) is 6.54 Å². The minimum Gasteiger partial charge on any atom is -0.364 e. The molecule has 1 fully saturated rings. The fraction of sp³-hybridized carbons (Fsp3) is 0.692. The lowest BCUT2D eigenvalue weighted by molar-refractivity contribution is 0.131. The van der Waals surface area contributed by atoms with E-state index in [4.69, 9.17) is 4.52 Å². The van der Waals surface area contributed by atoms with E-state index in [-0.39, 0.29) is 24.0 Å². The van der Waals surface area contributed by atoms with E-state index in [1.54, 1.807) is 13.3 Å². The van der Waals surface area contributed by atoms with Gasteiger partial charge in [0.2, 0.25) is 0 Å². The van der Waals surface area contributed by atoms with Gasteiger partial charge in [-0.25, -0.2) is 0 Å². The van der Waals surface area contributed by atoms with Crippen molar-refractivity contribution in [1.29, 1.82) is 0 Å². The lowest BCUT2D eigenvalue weighted by Crippen LogP contribution is -2.46. The third-order valence-electron chi connectivity index (χ3n) is 3.95. The summed E-state index contributed by atoms with van der Waals surface area (Å²) in [6.07, 6.45) is 6.84. The van der Waals surface area contributed by atoms with Crippen molar-refractivity contribution < 1.29 is 4.52 Å². The van der Waals surface area contributed by atoms with Crippen LogP contribution >= 0.6 is 24.0 Å². The van der Waals surface area contributed by atoms with Gasteiger partial charge in [0, 0.05) is 19.7 Å². The van der Waals surface area contributed by atoms with Gasteiger partial charge in [-0.1, -0.05) is 18.5 Å². The van der Waals surface area contributed by atoms with E-state index in [2.05, 4.69) is 27.7 Å². The second-order valence-electron chi connectivity index (χ2n) is 4.98. The maximum atomic E-state index is 4.79. The summed E-state index contributed by atoms with van der Waals surface area (Å²) < 4.78 is 4.79. The highest BCUT2D eigenvalue weighted by atomic mass is 127. The summed E-state index contributed by atoms with van der Waals surface area (Å²) in [4.78, 5) is 4.22. The standard InChI is InChI=1S/C13H22N4O.HI/c1-3-13(6-4-7-13)10-16-12(14-2)15-9-11-5-8-18-17-11;/h5,8H,3-4,6-7,9-10H2,1-2H3,(H2,14,15,16);1H. The fourth-order valence-corrected chi connectivity index (χ4v) is 2.33. The van der Waals surface area contributed by atoms with Gasteiger partial charge in [0.05, 0.1) is 6.54 Å². The summed E-state index contributed by atoms with van der Waals surface area (Å²) in [5, 5.41) is 10.5. The molecule has 1 heterocycles. The van der Waals surface area contributed by atoms with Crippen LogP contribution in [0.3, 0.4) is 0 Å². The smallest absolute Gasteiger partial charge is 0.191 e. The lowest BCUT2D eigenvalue weighted by atomic mass is 9.67. The van der Waals surface area contributed by atoms with Crippen LogP contribution < -0.4 is 10.6 Å². The number of aliphatic imine (C=N–C) groups is 1. The summed E-state index contributed by atoms with van der Waals surface area (Å²) in [6, 6.07) is 1.85. The van der Waals surface area contributed by atoms with Crippen molar-refractivity contribution >= 4 is 29.9 Å². The van der Waals surface area contributed by atoms with Gasteiger partial charge >= 0.3 is 0 Å². The number of halogens is 1. The number of hydrogen-bond acceptors (Lipinski definition) is 3.